The lowest BCUT2D eigenvalue weighted by atomic mass is 10.2. The molecule has 1 aliphatic heterocycles. The first-order valence-corrected chi connectivity index (χ1v) is 5.62. The quantitative estimate of drug-likeness (QED) is 0.737. The lowest BCUT2D eigenvalue weighted by Crippen LogP contribution is -2.49. The van der Waals surface area contributed by atoms with Gasteiger partial charge in [0.2, 0.25) is 5.91 Å². The first-order valence-electron chi connectivity index (χ1n) is 5.62. The van der Waals surface area contributed by atoms with E-state index >= 15 is 0 Å². The van der Waals surface area contributed by atoms with Crippen LogP contribution in [0, 0.1) is 0 Å². The SMILES string of the molecule is NCCCC(=O)N1CCN(CC(F)F)CC1. The van der Waals surface area contributed by atoms with E-state index in [1.807, 2.05) is 0 Å². The average molecular weight is 235 g/mol. The molecule has 16 heavy (non-hydrogen) atoms. The number of nitrogens with two attached hydrogens (primary N) is 1. The van der Waals surface area contributed by atoms with Gasteiger partial charge >= 0.3 is 0 Å². The number of amides is 1. The Morgan fingerprint density at radius 3 is 2.38 bits per heavy atom. The predicted octanol–water partition coefficient (Wildman–Crippen LogP) is 0.135. The number of hydrogen-bond donors (Lipinski definition) is 1. The molecule has 0 spiro atoms. The molecule has 1 saturated heterocycles. The van der Waals surface area contributed by atoms with Crippen LogP contribution in [-0.4, -0.2) is 61.4 Å². The summed E-state index contributed by atoms with van der Waals surface area (Å²) in [6.45, 7) is 2.51. The third-order valence-electron chi connectivity index (χ3n) is 2.72. The van der Waals surface area contributed by atoms with Gasteiger partial charge in [-0.2, -0.15) is 0 Å². The Morgan fingerprint density at radius 1 is 1.25 bits per heavy atom. The molecule has 4 nitrogen and oxygen atoms in total. The molecule has 0 bridgehead atoms. The van der Waals surface area contributed by atoms with Crippen LogP contribution in [0.25, 0.3) is 0 Å². The minimum atomic E-state index is -2.29. The summed E-state index contributed by atoms with van der Waals surface area (Å²) in [5.74, 6) is 0.0853. The van der Waals surface area contributed by atoms with Gasteiger partial charge < -0.3 is 10.6 Å². The summed E-state index contributed by atoms with van der Waals surface area (Å²) in [7, 11) is 0. The Hall–Kier alpha value is -0.750. The van der Waals surface area contributed by atoms with Gasteiger partial charge in [0.1, 0.15) is 0 Å². The van der Waals surface area contributed by atoms with Crippen LogP contribution >= 0.6 is 0 Å². The molecular formula is C10H19F2N3O. The van der Waals surface area contributed by atoms with Crippen LogP contribution in [0.1, 0.15) is 12.8 Å². The van der Waals surface area contributed by atoms with E-state index in [0.29, 0.717) is 45.6 Å². The fourth-order valence-electron chi connectivity index (χ4n) is 1.79. The molecule has 1 amide bonds. The maximum Gasteiger partial charge on any atom is 0.251 e. The van der Waals surface area contributed by atoms with Gasteiger partial charge in [-0.05, 0) is 13.0 Å². The van der Waals surface area contributed by atoms with Crippen molar-refractivity contribution in [1.82, 2.24) is 9.80 Å². The summed E-state index contributed by atoms with van der Waals surface area (Å²) in [5.41, 5.74) is 5.32. The third kappa shape index (κ3) is 4.40. The fraction of sp³-hybridized carbons (Fsp3) is 0.900. The Labute approximate surface area is 94.4 Å². The van der Waals surface area contributed by atoms with E-state index < -0.39 is 6.43 Å². The standard InChI is InChI=1S/C10H19F2N3O/c11-9(12)8-14-4-6-15(7-5-14)10(16)2-1-3-13/h9H,1-8,13H2. The molecule has 0 radical (unpaired) electrons. The van der Waals surface area contributed by atoms with Crippen molar-refractivity contribution < 1.29 is 13.6 Å². The van der Waals surface area contributed by atoms with Gasteiger partial charge in [-0.15, -0.1) is 0 Å². The zero-order chi connectivity index (χ0) is 12.0. The molecule has 1 rings (SSSR count). The van der Waals surface area contributed by atoms with Crippen molar-refractivity contribution in [2.75, 3.05) is 39.3 Å². The minimum Gasteiger partial charge on any atom is -0.340 e. The molecule has 0 atom stereocenters. The number of halogens is 2. The maximum atomic E-state index is 12.1. The fourth-order valence-corrected chi connectivity index (χ4v) is 1.79. The number of piperazine rings is 1. The van der Waals surface area contributed by atoms with E-state index in [4.69, 9.17) is 5.73 Å². The summed E-state index contributed by atoms with van der Waals surface area (Å²) >= 11 is 0. The molecule has 0 aliphatic carbocycles. The highest BCUT2D eigenvalue weighted by atomic mass is 19.3. The number of carbonyl (C=O) groups excluding carboxylic acids is 1. The Morgan fingerprint density at radius 2 is 1.88 bits per heavy atom. The lowest BCUT2D eigenvalue weighted by molar-refractivity contribution is -0.133. The van der Waals surface area contributed by atoms with E-state index in [0.717, 1.165) is 0 Å². The molecule has 0 aromatic heterocycles. The first-order chi connectivity index (χ1) is 7.63. The molecular weight excluding hydrogens is 216 g/mol. The lowest BCUT2D eigenvalue weighted by Gasteiger charge is -2.34. The molecule has 0 aromatic rings. The normalized spacial score (nSPS) is 18.1. The van der Waals surface area contributed by atoms with Gasteiger partial charge in [0.15, 0.2) is 0 Å². The Kier molecular flexibility index (Phi) is 5.62. The third-order valence-corrected chi connectivity index (χ3v) is 2.72. The van der Waals surface area contributed by atoms with E-state index in [2.05, 4.69) is 0 Å². The van der Waals surface area contributed by atoms with Crippen molar-refractivity contribution >= 4 is 5.91 Å². The van der Waals surface area contributed by atoms with Crippen LogP contribution in [0.4, 0.5) is 8.78 Å². The van der Waals surface area contributed by atoms with Crippen molar-refractivity contribution in [2.24, 2.45) is 5.73 Å². The summed E-state index contributed by atoms with van der Waals surface area (Å²) < 4.78 is 24.2. The van der Waals surface area contributed by atoms with Crippen LogP contribution in [-0.2, 0) is 4.79 Å². The van der Waals surface area contributed by atoms with Crippen molar-refractivity contribution in [2.45, 2.75) is 19.3 Å². The highest BCUT2D eigenvalue weighted by molar-refractivity contribution is 5.76. The van der Waals surface area contributed by atoms with Crippen molar-refractivity contribution in [1.29, 1.82) is 0 Å². The van der Waals surface area contributed by atoms with E-state index in [1.165, 1.54) is 0 Å². The van der Waals surface area contributed by atoms with Gasteiger partial charge in [-0.1, -0.05) is 0 Å². The first kappa shape index (κ1) is 13.3. The number of nitrogens with zero attached hydrogens (tertiary/aromatic N) is 2. The van der Waals surface area contributed by atoms with Crippen LogP contribution in [0.2, 0.25) is 0 Å². The molecule has 1 fully saturated rings. The second kappa shape index (κ2) is 6.75. The summed E-state index contributed by atoms with van der Waals surface area (Å²) in [4.78, 5) is 15.0. The zero-order valence-electron chi connectivity index (χ0n) is 9.37. The van der Waals surface area contributed by atoms with Crippen LogP contribution in [0.5, 0.6) is 0 Å². The van der Waals surface area contributed by atoms with Gasteiger partial charge in [-0.25, -0.2) is 8.78 Å². The monoisotopic (exact) mass is 235 g/mol. The summed E-state index contributed by atoms with van der Waals surface area (Å²) in [6.07, 6.45) is -1.14. The maximum absolute atomic E-state index is 12.1. The smallest absolute Gasteiger partial charge is 0.251 e. The largest absolute Gasteiger partial charge is 0.340 e. The van der Waals surface area contributed by atoms with E-state index in [1.54, 1.807) is 9.80 Å². The second-order valence-electron chi connectivity index (χ2n) is 3.96. The van der Waals surface area contributed by atoms with E-state index in [-0.39, 0.29) is 12.5 Å². The van der Waals surface area contributed by atoms with Crippen molar-refractivity contribution in [3.63, 3.8) is 0 Å². The molecule has 94 valence electrons. The van der Waals surface area contributed by atoms with Gasteiger partial charge in [-0.3, -0.25) is 9.69 Å². The van der Waals surface area contributed by atoms with Crippen LogP contribution in [0.15, 0.2) is 0 Å². The zero-order valence-corrected chi connectivity index (χ0v) is 9.37. The average Bonchev–Trinajstić information content (AvgIpc) is 2.26. The minimum absolute atomic E-state index is 0.0853. The number of rotatable bonds is 5. The topological polar surface area (TPSA) is 49.6 Å². The predicted molar refractivity (Wildman–Crippen MR) is 57.3 cm³/mol. The molecule has 1 heterocycles. The number of alkyl halides is 2. The summed E-state index contributed by atoms with van der Waals surface area (Å²) in [5, 5.41) is 0. The number of carbonyl (C=O) groups is 1. The van der Waals surface area contributed by atoms with Gasteiger partial charge in [0, 0.05) is 32.6 Å². The van der Waals surface area contributed by atoms with Gasteiger partial charge in [0.05, 0.1) is 6.54 Å². The molecule has 2 N–H and O–H groups in total. The molecule has 6 heteroatoms. The van der Waals surface area contributed by atoms with Crippen molar-refractivity contribution in [3.8, 4) is 0 Å². The molecule has 0 aromatic carbocycles. The molecule has 0 unspecified atom stereocenters. The Balaban J connectivity index is 2.23. The highest BCUT2D eigenvalue weighted by Gasteiger charge is 2.22. The Bertz CT molecular complexity index is 218. The van der Waals surface area contributed by atoms with Crippen molar-refractivity contribution in [3.05, 3.63) is 0 Å². The summed E-state index contributed by atoms with van der Waals surface area (Å²) in [6, 6.07) is 0. The molecule has 1 aliphatic rings. The second-order valence-corrected chi connectivity index (χ2v) is 3.96. The van der Waals surface area contributed by atoms with Gasteiger partial charge in [0.25, 0.3) is 6.43 Å². The highest BCUT2D eigenvalue weighted by Crippen LogP contribution is 2.06. The number of hydrogen-bond acceptors (Lipinski definition) is 3. The van der Waals surface area contributed by atoms with Crippen LogP contribution in [0.3, 0.4) is 0 Å². The molecule has 0 saturated carbocycles. The van der Waals surface area contributed by atoms with E-state index in [9.17, 15) is 13.6 Å². The van der Waals surface area contributed by atoms with Crippen LogP contribution < -0.4 is 5.73 Å².